The van der Waals surface area contributed by atoms with Crippen LogP contribution in [0, 0.1) is 0 Å². The van der Waals surface area contributed by atoms with Gasteiger partial charge in [-0.1, -0.05) is 76.9 Å². The molecule has 1 N–H and O–H groups in total. The van der Waals surface area contributed by atoms with Crippen molar-refractivity contribution < 1.29 is 9.32 Å². The molecule has 7 heteroatoms. The summed E-state index contributed by atoms with van der Waals surface area (Å²) in [5.74, 6) is 0.273. The van der Waals surface area contributed by atoms with Gasteiger partial charge in [-0.15, -0.1) is 0 Å². The second-order valence-electron chi connectivity index (χ2n) is 6.55. The van der Waals surface area contributed by atoms with E-state index in [0.717, 1.165) is 28.7 Å². The molecule has 1 amide bonds. The highest BCUT2D eigenvalue weighted by atomic mass is 79.9. The van der Waals surface area contributed by atoms with Gasteiger partial charge in [0.25, 0.3) is 5.91 Å². The number of nitrogens with one attached hydrogen (secondary N) is 1. The van der Waals surface area contributed by atoms with Crippen molar-refractivity contribution in [2.45, 2.75) is 19.9 Å². The highest BCUT2D eigenvalue weighted by Crippen LogP contribution is 2.27. The maximum atomic E-state index is 12.7. The Kier molecular flexibility index (Phi) is 7.47. The first kappa shape index (κ1) is 21.6. The van der Waals surface area contributed by atoms with Crippen molar-refractivity contribution in [1.29, 1.82) is 0 Å². The van der Waals surface area contributed by atoms with E-state index in [4.69, 9.17) is 16.1 Å². The molecule has 0 bridgehead atoms. The lowest BCUT2D eigenvalue weighted by molar-refractivity contribution is 0.0926. The first-order valence-electron chi connectivity index (χ1n) is 9.52. The van der Waals surface area contributed by atoms with Crippen molar-refractivity contribution in [2.75, 3.05) is 19.6 Å². The Morgan fingerprint density at radius 3 is 2.52 bits per heavy atom. The monoisotopic (exact) mass is 475 g/mol. The molecule has 3 rings (SSSR count). The number of likely N-dealkylation sites (N-methyl/N-ethyl adjacent to an activating group) is 1. The summed E-state index contributed by atoms with van der Waals surface area (Å²) in [6, 6.07) is 17.0. The standard InChI is InChI=1S/C22H23BrClN3O2/c1-3-27(4-2)20(17-7-5-6-8-18(17)24)14-25-22(28)19-13-21(29-26-19)15-9-11-16(23)12-10-15/h5-13,20H,3-4,14H2,1-2H3,(H,25,28)/t20-/m0/s1. The zero-order valence-corrected chi connectivity index (χ0v) is 18.7. The summed E-state index contributed by atoms with van der Waals surface area (Å²) in [6.07, 6.45) is 0. The number of hydrogen-bond acceptors (Lipinski definition) is 4. The predicted octanol–water partition coefficient (Wildman–Crippen LogP) is 5.57. The normalized spacial score (nSPS) is 12.2. The molecule has 29 heavy (non-hydrogen) atoms. The summed E-state index contributed by atoms with van der Waals surface area (Å²) < 4.78 is 6.33. The summed E-state index contributed by atoms with van der Waals surface area (Å²) in [5.41, 5.74) is 2.10. The van der Waals surface area contributed by atoms with E-state index in [2.05, 4.69) is 45.2 Å². The molecule has 0 aliphatic rings. The second-order valence-corrected chi connectivity index (χ2v) is 7.87. The lowest BCUT2D eigenvalue weighted by atomic mass is 10.0. The zero-order valence-electron chi connectivity index (χ0n) is 16.4. The van der Waals surface area contributed by atoms with Crippen LogP contribution in [-0.2, 0) is 0 Å². The van der Waals surface area contributed by atoms with E-state index in [1.807, 2.05) is 48.5 Å². The summed E-state index contributed by atoms with van der Waals surface area (Å²) in [7, 11) is 0. The van der Waals surface area contributed by atoms with Crippen LogP contribution in [0.25, 0.3) is 11.3 Å². The van der Waals surface area contributed by atoms with Crippen molar-refractivity contribution in [3.05, 3.63) is 75.4 Å². The molecule has 152 valence electrons. The molecule has 2 aromatic carbocycles. The quantitative estimate of drug-likeness (QED) is 0.462. The summed E-state index contributed by atoms with van der Waals surface area (Å²) >= 11 is 9.83. The van der Waals surface area contributed by atoms with Crippen molar-refractivity contribution in [3.63, 3.8) is 0 Å². The number of amides is 1. The minimum atomic E-state index is -0.277. The van der Waals surface area contributed by atoms with E-state index in [1.54, 1.807) is 6.07 Å². The van der Waals surface area contributed by atoms with Crippen molar-refractivity contribution in [2.24, 2.45) is 0 Å². The molecule has 0 aliphatic carbocycles. The first-order valence-corrected chi connectivity index (χ1v) is 10.7. The number of carbonyl (C=O) groups is 1. The maximum absolute atomic E-state index is 12.7. The van der Waals surface area contributed by atoms with Gasteiger partial charge in [0.2, 0.25) is 0 Å². The van der Waals surface area contributed by atoms with Gasteiger partial charge in [-0.3, -0.25) is 9.69 Å². The van der Waals surface area contributed by atoms with E-state index in [9.17, 15) is 4.79 Å². The number of benzene rings is 2. The predicted molar refractivity (Wildman–Crippen MR) is 119 cm³/mol. The highest BCUT2D eigenvalue weighted by Gasteiger charge is 2.22. The molecule has 1 atom stereocenters. The Balaban J connectivity index is 1.73. The average Bonchev–Trinajstić information content (AvgIpc) is 3.22. The van der Waals surface area contributed by atoms with Crippen LogP contribution >= 0.6 is 27.5 Å². The zero-order chi connectivity index (χ0) is 20.8. The van der Waals surface area contributed by atoms with Crippen LogP contribution in [0.3, 0.4) is 0 Å². The van der Waals surface area contributed by atoms with E-state index >= 15 is 0 Å². The van der Waals surface area contributed by atoms with Crippen LogP contribution < -0.4 is 5.32 Å². The topological polar surface area (TPSA) is 58.4 Å². The molecular weight excluding hydrogens is 454 g/mol. The van der Waals surface area contributed by atoms with Gasteiger partial charge in [0.05, 0.1) is 6.04 Å². The Hall–Kier alpha value is -2.15. The third-order valence-electron chi connectivity index (χ3n) is 4.84. The van der Waals surface area contributed by atoms with Crippen LogP contribution in [-0.4, -0.2) is 35.6 Å². The summed E-state index contributed by atoms with van der Waals surface area (Å²) in [6.45, 7) is 6.30. The smallest absolute Gasteiger partial charge is 0.273 e. The largest absolute Gasteiger partial charge is 0.355 e. The van der Waals surface area contributed by atoms with Gasteiger partial charge >= 0.3 is 0 Å². The number of hydrogen-bond donors (Lipinski definition) is 1. The van der Waals surface area contributed by atoms with Gasteiger partial charge in [-0.05, 0) is 36.9 Å². The fraction of sp³-hybridized carbons (Fsp3) is 0.273. The molecule has 0 fully saturated rings. The van der Waals surface area contributed by atoms with E-state index < -0.39 is 0 Å². The van der Waals surface area contributed by atoms with E-state index in [0.29, 0.717) is 17.3 Å². The fourth-order valence-corrected chi connectivity index (χ4v) is 3.78. The molecule has 5 nitrogen and oxygen atoms in total. The average molecular weight is 477 g/mol. The summed E-state index contributed by atoms with van der Waals surface area (Å²) in [4.78, 5) is 14.9. The van der Waals surface area contributed by atoms with Crippen LogP contribution in [0.2, 0.25) is 5.02 Å². The summed E-state index contributed by atoms with van der Waals surface area (Å²) in [5, 5.41) is 7.60. The number of nitrogens with zero attached hydrogens (tertiary/aromatic N) is 2. The van der Waals surface area contributed by atoms with Gasteiger partial charge in [0, 0.05) is 27.7 Å². The Bertz CT molecular complexity index is 955. The van der Waals surface area contributed by atoms with Crippen LogP contribution in [0.1, 0.15) is 35.9 Å². The SMILES string of the molecule is CCN(CC)[C@@H](CNC(=O)c1cc(-c2ccc(Br)cc2)on1)c1ccccc1Cl. The van der Waals surface area contributed by atoms with Gasteiger partial charge < -0.3 is 9.84 Å². The lowest BCUT2D eigenvalue weighted by Crippen LogP contribution is -2.38. The van der Waals surface area contributed by atoms with Crippen LogP contribution in [0.5, 0.6) is 0 Å². The molecule has 1 heterocycles. The fourth-order valence-electron chi connectivity index (χ4n) is 3.26. The van der Waals surface area contributed by atoms with Gasteiger partial charge in [-0.2, -0.15) is 0 Å². The van der Waals surface area contributed by atoms with Crippen molar-refractivity contribution in [1.82, 2.24) is 15.4 Å². The van der Waals surface area contributed by atoms with Crippen molar-refractivity contribution in [3.8, 4) is 11.3 Å². The Labute approximate surface area is 184 Å². The number of halogens is 2. The van der Waals surface area contributed by atoms with E-state index in [-0.39, 0.29) is 17.6 Å². The third-order valence-corrected chi connectivity index (χ3v) is 5.72. The highest BCUT2D eigenvalue weighted by molar-refractivity contribution is 9.10. The molecule has 1 aromatic heterocycles. The van der Waals surface area contributed by atoms with Gasteiger partial charge in [0.1, 0.15) is 0 Å². The van der Waals surface area contributed by atoms with E-state index in [1.165, 1.54) is 0 Å². The molecule has 0 radical (unpaired) electrons. The Morgan fingerprint density at radius 2 is 1.86 bits per heavy atom. The molecule has 0 spiro atoms. The number of aromatic nitrogens is 1. The minimum absolute atomic E-state index is 0.0273. The molecule has 0 saturated heterocycles. The minimum Gasteiger partial charge on any atom is -0.355 e. The third kappa shape index (κ3) is 5.26. The van der Waals surface area contributed by atoms with Crippen molar-refractivity contribution >= 4 is 33.4 Å². The van der Waals surface area contributed by atoms with Crippen LogP contribution in [0.4, 0.5) is 0 Å². The maximum Gasteiger partial charge on any atom is 0.273 e. The van der Waals surface area contributed by atoms with Gasteiger partial charge in [0.15, 0.2) is 11.5 Å². The van der Waals surface area contributed by atoms with Crippen LogP contribution in [0.15, 0.2) is 63.6 Å². The first-order chi connectivity index (χ1) is 14.0. The lowest BCUT2D eigenvalue weighted by Gasteiger charge is -2.30. The number of rotatable bonds is 8. The molecule has 3 aromatic rings. The second kappa shape index (κ2) is 10.1. The number of carbonyl (C=O) groups excluding carboxylic acids is 1. The molecule has 0 saturated carbocycles. The Morgan fingerprint density at radius 1 is 1.17 bits per heavy atom. The molecule has 0 unspecified atom stereocenters. The molecular formula is C22H23BrClN3O2. The molecule has 0 aliphatic heterocycles. The van der Waals surface area contributed by atoms with Gasteiger partial charge in [-0.25, -0.2) is 0 Å².